The zero-order valence-corrected chi connectivity index (χ0v) is 16.3. The fourth-order valence-corrected chi connectivity index (χ4v) is 3.75. The molecule has 1 amide bonds. The quantitative estimate of drug-likeness (QED) is 0.795. The number of likely N-dealkylation sites (tertiary alicyclic amines) is 1. The maximum atomic E-state index is 13.0. The molecule has 0 bridgehead atoms. The van der Waals surface area contributed by atoms with Gasteiger partial charge in [-0.25, -0.2) is 4.98 Å². The fourth-order valence-electron chi connectivity index (χ4n) is 3.75. The third kappa shape index (κ3) is 4.66. The normalized spacial score (nSPS) is 19.5. The van der Waals surface area contributed by atoms with E-state index in [9.17, 15) is 4.79 Å². The number of morpholine rings is 1. The van der Waals surface area contributed by atoms with Gasteiger partial charge in [0.1, 0.15) is 6.10 Å². The first-order chi connectivity index (χ1) is 14.2. The van der Waals surface area contributed by atoms with Crippen LogP contribution in [-0.2, 0) is 4.74 Å². The van der Waals surface area contributed by atoms with Crippen LogP contribution in [0.1, 0.15) is 28.8 Å². The highest BCUT2D eigenvalue weighted by molar-refractivity contribution is 5.94. The summed E-state index contributed by atoms with van der Waals surface area (Å²) in [6.45, 7) is 4.46. The standard InChI is InChI=1S/C22H24N4O3/c23-15-17-7-8-24-21(14-17)29-20-2-1-9-26(16-20)22(27)18-3-5-19(6-4-18)25-10-12-28-13-11-25/h3-8,14,20H,1-2,9-13,16H2. The molecule has 29 heavy (non-hydrogen) atoms. The van der Waals surface area contributed by atoms with Crippen LogP contribution in [0.15, 0.2) is 42.6 Å². The second-order valence-corrected chi connectivity index (χ2v) is 7.27. The lowest BCUT2D eigenvalue weighted by Crippen LogP contribution is -2.44. The molecule has 2 aliphatic heterocycles. The molecule has 7 heteroatoms. The number of benzene rings is 1. The average molecular weight is 392 g/mol. The van der Waals surface area contributed by atoms with E-state index in [1.807, 2.05) is 29.2 Å². The number of piperidine rings is 1. The molecule has 1 atom stereocenters. The number of ether oxygens (including phenoxy) is 2. The van der Waals surface area contributed by atoms with Gasteiger partial charge in [0.15, 0.2) is 0 Å². The largest absolute Gasteiger partial charge is 0.472 e. The number of carbonyl (C=O) groups is 1. The molecule has 0 radical (unpaired) electrons. The van der Waals surface area contributed by atoms with Crippen LogP contribution in [0, 0.1) is 11.3 Å². The number of nitriles is 1. The first kappa shape index (κ1) is 19.2. The molecular weight excluding hydrogens is 368 g/mol. The second-order valence-electron chi connectivity index (χ2n) is 7.27. The van der Waals surface area contributed by atoms with Gasteiger partial charge in [0.25, 0.3) is 5.91 Å². The predicted molar refractivity (Wildman–Crippen MR) is 108 cm³/mol. The SMILES string of the molecule is N#Cc1ccnc(OC2CCCN(C(=O)c3ccc(N4CCOCC4)cc3)C2)c1. The molecule has 1 unspecified atom stereocenters. The Hall–Kier alpha value is -3.11. The molecular formula is C22H24N4O3. The Labute approximate surface area is 170 Å². The van der Waals surface area contributed by atoms with Gasteiger partial charge in [0.05, 0.1) is 31.4 Å². The van der Waals surface area contributed by atoms with Gasteiger partial charge in [-0.15, -0.1) is 0 Å². The lowest BCUT2D eigenvalue weighted by Gasteiger charge is -2.33. The van der Waals surface area contributed by atoms with Crippen molar-refractivity contribution in [3.8, 4) is 11.9 Å². The van der Waals surface area contributed by atoms with E-state index in [0.29, 0.717) is 23.6 Å². The first-order valence-corrected chi connectivity index (χ1v) is 9.98. The van der Waals surface area contributed by atoms with E-state index in [1.165, 1.54) is 0 Å². The van der Waals surface area contributed by atoms with E-state index < -0.39 is 0 Å². The van der Waals surface area contributed by atoms with Crippen LogP contribution in [0.5, 0.6) is 5.88 Å². The molecule has 3 heterocycles. The minimum absolute atomic E-state index is 0.0190. The minimum Gasteiger partial charge on any atom is -0.472 e. The van der Waals surface area contributed by atoms with E-state index in [4.69, 9.17) is 14.7 Å². The van der Waals surface area contributed by atoms with Crippen LogP contribution in [0.3, 0.4) is 0 Å². The monoisotopic (exact) mass is 392 g/mol. The summed E-state index contributed by atoms with van der Waals surface area (Å²) in [5.74, 6) is 0.448. The number of amides is 1. The van der Waals surface area contributed by atoms with E-state index in [-0.39, 0.29) is 12.0 Å². The van der Waals surface area contributed by atoms with Crippen molar-refractivity contribution in [1.82, 2.24) is 9.88 Å². The van der Waals surface area contributed by atoms with Gasteiger partial charge in [-0.2, -0.15) is 5.26 Å². The summed E-state index contributed by atoms with van der Waals surface area (Å²) in [5.41, 5.74) is 2.32. The Morgan fingerprint density at radius 2 is 1.97 bits per heavy atom. The molecule has 150 valence electrons. The summed E-state index contributed by atoms with van der Waals surface area (Å²) in [4.78, 5) is 21.2. The molecule has 7 nitrogen and oxygen atoms in total. The predicted octanol–water partition coefficient (Wildman–Crippen LogP) is 2.47. The van der Waals surface area contributed by atoms with Gasteiger partial charge >= 0.3 is 0 Å². The Kier molecular flexibility index (Phi) is 5.92. The van der Waals surface area contributed by atoms with E-state index >= 15 is 0 Å². The molecule has 0 N–H and O–H groups in total. The molecule has 1 aromatic heterocycles. The van der Waals surface area contributed by atoms with Gasteiger partial charge in [0.2, 0.25) is 5.88 Å². The molecule has 0 aliphatic carbocycles. The maximum absolute atomic E-state index is 13.0. The van der Waals surface area contributed by atoms with Crippen molar-refractivity contribution < 1.29 is 14.3 Å². The number of rotatable bonds is 4. The molecule has 2 saturated heterocycles. The summed E-state index contributed by atoms with van der Waals surface area (Å²) < 4.78 is 11.3. The molecule has 4 rings (SSSR count). The Morgan fingerprint density at radius 3 is 2.72 bits per heavy atom. The third-order valence-electron chi connectivity index (χ3n) is 5.31. The summed E-state index contributed by atoms with van der Waals surface area (Å²) in [5, 5.41) is 9.02. The highest BCUT2D eigenvalue weighted by atomic mass is 16.5. The van der Waals surface area contributed by atoms with Crippen molar-refractivity contribution in [2.45, 2.75) is 18.9 Å². The zero-order chi connectivity index (χ0) is 20.1. The lowest BCUT2D eigenvalue weighted by molar-refractivity contribution is 0.0527. The Morgan fingerprint density at radius 1 is 1.17 bits per heavy atom. The number of pyridine rings is 1. The van der Waals surface area contributed by atoms with Crippen molar-refractivity contribution >= 4 is 11.6 Å². The van der Waals surface area contributed by atoms with Crippen molar-refractivity contribution in [2.24, 2.45) is 0 Å². The number of carbonyl (C=O) groups excluding carboxylic acids is 1. The fraction of sp³-hybridized carbons (Fsp3) is 0.409. The number of nitrogens with zero attached hydrogens (tertiary/aromatic N) is 4. The number of hydrogen-bond donors (Lipinski definition) is 0. The third-order valence-corrected chi connectivity index (χ3v) is 5.31. The molecule has 0 saturated carbocycles. The average Bonchev–Trinajstić information content (AvgIpc) is 2.79. The van der Waals surface area contributed by atoms with Crippen LogP contribution < -0.4 is 9.64 Å². The van der Waals surface area contributed by atoms with Crippen molar-refractivity contribution in [3.05, 3.63) is 53.7 Å². The number of hydrogen-bond acceptors (Lipinski definition) is 6. The molecule has 2 aromatic rings. The van der Waals surface area contributed by atoms with E-state index in [0.717, 1.165) is 51.4 Å². The van der Waals surface area contributed by atoms with E-state index in [2.05, 4.69) is 16.0 Å². The van der Waals surface area contributed by atoms with Crippen LogP contribution in [0.2, 0.25) is 0 Å². The number of anilines is 1. The summed E-state index contributed by atoms with van der Waals surface area (Å²) in [6.07, 6.45) is 3.18. The highest BCUT2D eigenvalue weighted by Gasteiger charge is 2.26. The molecule has 2 fully saturated rings. The smallest absolute Gasteiger partial charge is 0.253 e. The maximum Gasteiger partial charge on any atom is 0.253 e. The first-order valence-electron chi connectivity index (χ1n) is 9.98. The summed E-state index contributed by atoms with van der Waals surface area (Å²) in [7, 11) is 0. The van der Waals surface area contributed by atoms with Crippen molar-refractivity contribution in [1.29, 1.82) is 5.26 Å². The van der Waals surface area contributed by atoms with Gasteiger partial charge in [-0.3, -0.25) is 4.79 Å². The topological polar surface area (TPSA) is 78.7 Å². The minimum atomic E-state index is -0.123. The van der Waals surface area contributed by atoms with Crippen LogP contribution in [0.4, 0.5) is 5.69 Å². The molecule has 0 spiro atoms. The van der Waals surface area contributed by atoms with Crippen molar-refractivity contribution in [2.75, 3.05) is 44.3 Å². The van der Waals surface area contributed by atoms with Gasteiger partial charge in [0, 0.05) is 43.1 Å². The Bertz CT molecular complexity index is 888. The molecule has 1 aromatic carbocycles. The van der Waals surface area contributed by atoms with E-state index in [1.54, 1.807) is 18.3 Å². The second kappa shape index (κ2) is 8.93. The summed E-state index contributed by atoms with van der Waals surface area (Å²) >= 11 is 0. The zero-order valence-electron chi connectivity index (χ0n) is 16.3. The number of aromatic nitrogens is 1. The highest BCUT2D eigenvalue weighted by Crippen LogP contribution is 2.21. The van der Waals surface area contributed by atoms with Crippen molar-refractivity contribution in [3.63, 3.8) is 0 Å². The van der Waals surface area contributed by atoms with Gasteiger partial charge in [-0.05, 0) is 43.2 Å². The van der Waals surface area contributed by atoms with Crippen LogP contribution in [-0.4, -0.2) is 61.3 Å². The summed E-state index contributed by atoms with van der Waals surface area (Å²) in [6, 6.07) is 13.2. The Balaban J connectivity index is 1.38. The molecule has 2 aliphatic rings. The van der Waals surface area contributed by atoms with Gasteiger partial charge < -0.3 is 19.3 Å². The van der Waals surface area contributed by atoms with Gasteiger partial charge in [-0.1, -0.05) is 0 Å². The van der Waals surface area contributed by atoms with Crippen LogP contribution in [0.25, 0.3) is 0 Å². The lowest BCUT2D eigenvalue weighted by atomic mass is 10.1. The van der Waals surface area contributed by atoms with Crippen LogP contribution >= 0.6 is 0 Å².